The van der Waals surface area contributed by atoms with Crippen molar-refractivity contribution in [2.45, 2.75) is 6.04 Å². The molecule has 0 spiro atoms. The van der Waals surface area contributed by atoms with Crippen molar-refractivity contribution in [3.8, 4) is 0 Å². The fourth-order valence-electron chi connectivity index (χ4n) is 3.49. The molecule has 1 aliphatic rings. The van der Waals surface area contributed by atoms with Crippen LogP contribution in [0.3, 0.4) is 0 Å². The van der Waals surface area contributed by atoms with Crippen LogP contribution in [0.5, 0.6) is 0 Å². The summed E-state index contributed by atoms with van der Waals surface area (Å²) in [6.07, 6.45) is 0. The van der Waals surface area contributed by atoms with Crippen LogP contribution in [-0.4, -0.2) is 72.3 Å². The molecular formula is C21H27FN2O4. The predicted octanol–water partition coefficient (Wildman–Crippen LogP) is 1.81. The van der Waals surface area contributed by atoms with Crippen molar-refractivity contribution in [3.63, 3.8) is 0 Å². The topological polar surface area (TPSA) is 84.5 Å². The lowest BCUT2D eigenvalue weighted by molar-refractivity contribution is -0.142. The number of hydrogen-bond donors (Lipinski definition) is 1. The molecule has 0 aromatic heterocycles. The minimum absolute atomic E-state index is 0. The van der Waals surface area contributed by atoms with Crippen molar-refractivity contribution in [1.82, 2.24) is 9.80 Å². The number of halogens is 1. The molecule has 1 fully saturated rings. The number of carboxylic acids is 1. The molecule has 1 unspecified atom stereocenters. The molecular weight excluding hydrogens is 363 g/mol. The number of carbonyl (C=O) groups is 1. The first kappa shape index (κ1) is 22.0. The third kappa shape index (κ3) is 6.10. The predicted molar refractivity (Wildman–Crippen MR) is 105 cm³/mol. The highest BCUT2D eigenvalue weighted by molar-refractivity contribution is 5.67. The molecule has 2 aromatic rings. The minimum atomic E-state index is -0.940. The number of aliphatic carboxylic acids is 1. The van der Waals surface area contributed by atoms with E-state index in [1.807, 2.05) is 30.3 Å². The first-order valence-corrected chi connectivity index (χ1v) is 9.20. The molecule has 3 rings (SSSR count). The molecule has 1 heterocycles. The molecule has 0 saturated carbocycles. The number of piperazine rings is 1. The summed E-state index contributed by atoms with van der Waals surface area (Å²) < 4.78 is 18.5. The molecule has 28 heavy (non-hydrogen) atoms. The van der Waals surface area contributed by atoms with Crippen molar-refractivity contribution in [2.75, 3.05) is 45.9 Å². The van der Waals surface area contributed by atoms with Crippen LogP contribution in [0, 0.1) is 5.82 Å². The summed E-state index contributed by atoms with van der Waals surface area (Å²) in [5, 5.41) is 8.61. The Kier molecular flexibility index (Phi) is 8.53. The quantitative estimate of drug-likeness (QED) is 0.695. The lowest BCUT2D eigenvalue weighted by atomic mass is 9.96. The van der Waals surface area contributed by atoms with Gasteiger partial charge in [-0.2, -0.15) is 0 Å². The Bertz CT molecular complexity index is 719. The van der Waals surface area contributed by atoms with Crippen LogP contribution in [0.4, 0.5) is 4.39 Å². The molecule has 6 nitrogen and oxygen atoms in total. The van der Waals surface area contributed by atoms with E-state index < -0.39 is 5.97 Å². The summed E-state index contributed by atoms with van der Waals surface area (Å²) >= 11 is 0. The van der Waals surface area contributed by atoms with Crippen LogP contribution in [-0.2, 0) is 9.53 Å². The average molecular weight is 390 g/mol. The molecule has 1 atom stereocenters. The molecule has 152 valence electrons. The van der Waals surface area contributed by atoms with Gasteiger partial charge in [-0.3, -0.25) is 9.80 Å². The zero-order valence-corrected chi connectivity index (χ0v) is 15.8. The average Bonchev–Trinajstić information content (AvgIpc) is 2.69. The lowest BCUT2D eigenvalue weighted by Gasteiger charge is -2.39. The minimum Gasteiger partial charge on any atom is -0.480 e. The van der Waals surface area contributed by atoms with Crippen molar-refractivity contribution >= 4 is 5.97 Å². The van der Waals surface area contributed by atoms with Crippen LogP contribution in [0.15, 0.2) is 54.6 Å². The van der Waals surface area contributed by atoms with Gasteiger partial charge in [0.1, 0.15) is 12.4 Å². The van der Waals surface area contributed by atoms with Crippen LogP contribution < -0.4 is 0 Å². The molecule has 7 heteroatoms. The normalized spacial score (nSPS) is 16.3. The summed E-state index contributed by atoms with van der Waals surface area (Å²) in [4.78, 5) is 15.2. The van der Waals surface area contributed by atoms with Crippen LogP contribution in [0.25, 0.3) is 0 Å². The van der Waals surface area contributed by atoms with Gasteiger partial charge >= 0.3 is 5.97 Å². The van der Waals surface area contributed by atoms with E-state index in [-0.39, 0.29) is 23.9 Å². The zero-order chi connectivity index (χ0) is 19.1. The largest absolute Gasteiger partial charge is 0.480 e. The van der Waals surface area contributed by atoms with Crippen molar-refractivity contribution in [3.05, 3.63) is 71.5 Å². The highest BCUT2D eigenvalue weighted by Crippen LogP contribution is 2.29. The van der Waals surface area contributed by atoms with Gasteiger partial charge < -0.3 is 15.3 Å². The molecule has 3 N–H and O–H groups in total. The summed E-state index contributed by atoms with van der Waals surface area (Å²) in [6.45, 7) is 4.45. The fourth-order valence-corrected chi connectivity index (χ4v) is 3.49. The summed E-state index contributed by atoms with van der Waals surface area (Å²) in [6, 6.07) is 17.1. The van der Waals surface area contributed by atoms with E-state index >= 15 is 0 Å². The molecule has 0 bridgehead atoms. The van der Waals surface area contributed by atoms with Gasteiger partial charge in [0.2, 0.25) is 0 Å². The Morgan fingerprint density at radius 3 is 2.21 bits per heavy atom. The van der Waals surface area contributed by atoms with Gasteiger partial charge in [0, 0.05) is 32.7 Å². The summed E-state index contributed by atoms with van der Waals surface area (Å²) in [5.74, 6) is -1.17. The second-order valence-corrected chi connectivity index (χ2v) is 6.69. The number of carboxylic acid groups (broad SMARTS) is 1. The Labute approximate surface area is 164 Å². The SMILES string of the molecule is O.O=C(O)COCCN1CCN(C(c2ccccc2)c2ccc(F)cc2)CC1. The Hall–Kier alpha value is -2.32. The van der Waals surface area contributed by atoms with E-state index in [9.17, 15) is 9.18 Å². The Morgan fingerprint density at radius 2 is 1.61 bits per heavy atom. The second kappa shape index (κ2) is 10.9. The van der Waals surface area contributed by atoms with Crippen molar-refractivity contribution in [1.29, 1.82) is 0 Å². The fraction of sp³-hybridized carbons (Fsp3) is 0.381. The van der Waals surface area contributed by atoms with Gasteiger partial charge in [0.05, 0.1) is 12.6 Å². The molecule has 0 aliphatic carbocycles. The van der Waals surface area contributed by atoms with E-state index in [4.69, 9.17) is 9.84 Å². The Balaban J connectivity index is 0.00000280. The van der Waals surface area contributed by atoms with Gasteiger partial charge in [-0.1, -0.05) is 42.5 Å². The maximum Gasteiger partial charge on any atom is 0.329 e. The van der Waals surface area contributed by atoms with Crippen molar-refractivity contribution < 1.29 is 24.5 Å². The molecule has 0 amide bonds. The zero-order valence-electron chi connectivity index (χ0n) is 15.8. The number of ether oxygens (including phenoxy) is 1. The van der Waals surface area contributed by atoms with E-state index in [1.54, 1.807) is 0 Å². The monoisotopic (exact) mass is 390 g/mol. The third-order valence-electron chi connectivity index (χ3n) is 4.85. The molecule has 1 saturated heterocycles. The maximum absolute atomic E-state index is 13.4. The van der Waals surface area contributed by atoms with Gasteiger partial charge in [-0.25, -0.2) is 9.18 Å². The lowest BCUT2D eigenvalue weighted by Crippen LogP contribution is -2.48. The molecule has 1 aliphatic heterocycles. The van der Waals surface area contributed by atoms with E-state index in [1.165, 1.54) is 17.7 Å². The van der Waals surface area contributed by atoms with Crippen LogP contribution in [0.1, 0.15) is 17.2 Å². The highest BCUT2D eigenvalue weighted by Gasteiger charge is 2.26. The van der Waals surface area contributed by atoms with Crippen LogP contribution >= 0.6 is 0 Å². The van der Waals surface area contributed by atoms with Gasteiger partial charge in [-0.15, -0.1) is 0 Å². The van der Waals surface area contributed by atoms with E-state index in [2.05, 4.69) is 21.9 Å². The summed E-state index contributed by atoms with van der Waals surface area (Å²) in [7, 11) is 0. The number of hydrogen-bond acceptors (Lipinski definition) is 4. The first-order chi connectivity index (χ1) is 13.1. The van der Waals surface area contributed by atoms with Crippen LogP contribution in [0.2, 0.25) is 0 Å². The number of rotatable bonds is 8. The van der Waals surface area contributed by atoms with Crippen molar-refractivity contribution in [2.24, 2.45) is 0 Å². The number of benzene rings is 2. The van der Waals surface area contributed by atoms with Gasteiger partial charge in [0.25, 0.3) is 0 Å². The van der Waals surface area contributed by atoms with E-state index in [0.29, 0.717) is 6.61 Å². The number of nitrogens with zero attached hydrogens (tertiary/aromatic N) is 2. The van der Waals surface area contributed by atoms with Gasteiger partial charge in [-0.05, 0) is 23.3 Å². The third-order valence-corrected chi connectivity index (χ3v) is 4.85. The highest BCUT2D eigenvalue weighted by atomic mass is 19.1. The van der Waals surface area contributed by atoms with E-state index in [0.717, 1.165) is 38.3 Å². The second-order valence-electron chi connectivity index (χ2n) is 6.69. The summed E-state index contributed by atoms with van der Waals surface area (Å²) in [5.41, 5.74) is 2.28. The molecule has 0 radical (unpaired) electrons. The smallest absolute Gasteiger partial charge is 0.329 e. The maximum atomic E-state index is 13.4. The Morgan fingerprint density at radius 1 is 1.00 bits per heavy atom. The molecule has 2 aromatic carbocycles. The van der Waals surface area contributed by atoms with Gasteiger partial charge in [0.15, 0.2) is 0 Å². The first-order valence-electron chi connectivity index (χ1n) is 9.20. The standard InChI is InChI=1S/C21H25FN2O3.H2O/c22-19-8-6-18(7-9-19)21(17-4-2-1-3-5-17)24-12-10-23(11-13-24)14-15-27-16-20(25)26;/h1-9,21H,10-16H2,(H,25,26);1H2.